The molecule has 1 N–H and O–H groups in total. The second-order valence-electron chi connectivity index (χ2n) is 4.96. The van der Waals surface area contributed by atoms with Crippen LogP contribution in [0.15, 0.2) is 24.3 Å². The number of rotatable bonds is 7. The standard InChI is InChI=1S/C14H20FNO3/c1-14(2,10-19-13(17)9-18-3)16-8-11-4-6-12(15)7-5-11/h4-7,16H,8-10H2,1-3H3. The number of carbonyl (C=O) groups is 1. The van der Waals surface area contributed by atoms with Crippen LogP contribution < -0.4 is 5.32 Å². The van der Waals surface area contributed by atoms with E-state index in [4.69, 9.17) is 4.74 Å². The Kier molecular flexibility index (Phi) is 5.92. The molecule has 19 heavy (non-hydrogen) atoms. The Balaban J connectivity index is 2.37. The molecule has 0 saturated carbocycles. The van der Waals surface area contributed by atoms with Gasteiger partial charge in [0.25, 0.3) is 0 Å². The molecule has 0 aromatic heterocycles. The molecule has 0 aliphatic carbocycles. The third-order valence-electron chi connectivity index (χ3n) is 2.54. The lowest BCUT2D eigenvalue weighted by Gasteiger charge is -2.26. The van der Waals surface area contributed by atoms with Gasteiger partial charge in [-0.3, -0.25) is 0 Å². The van der Waals surface area contributed by atoms with E-state index in [2.05, 4.69) is 10.1 Å². The second-order valence-corrected chi connectivity index (χ2v) is 4.96. The van der Waals surface area contributed by atoms with Gasteiger partial charge in [0.05, 0.1) is 0 Å². The Morgan fingerprint density at radius 1 is 1.32 bits per heavy atom. The fraction of sp³-hybridized carbons (Fsp3) is 0.500. The van der Waals surface area contributed by atoms with Gasteiger partial charge >= 0.3 is 5.97 Å². The quantitative estimate of drug-likeness (QED) is 0.768. The maximum Gasteiger partial charge on any atom is 0.332 e. The van der Waals surface area contributed by atoms with E-state index in [0.29, 0.717) is 6.54 Å². The summed E-state index contributed by atoms with van der Waals surface area (Å²) in [5, 5.41) is 3.25. The monoisotopic (exact) mass is 269 g/mol. The summed E-state index contributed by atoms with van der Waals surface area (Å²) in [6.45, 7) is 4.63. The number of ether oxygens (including phenoxy) is 2. The first-order chi connectivity index (χ1) is 8.93. The van der Waals surface area contributed by atoms with Crippen molar-refractivity contribution in [3.63, 3.8) is 0 Å². The Morgan fingerprint density at radius 2 is 1.95 bits per heavy atom. The number of nitrogens with one attached hydrogen (secondary N) is 1. The van der Waals surface area contributed by atoms with Crippen molar-refractivity contribution in [1.29, 1.82) is 0 Å². The first-order valence-electron chi connectivity index (χ1n) is 6.07. The zero-order chi connectivity index (χ0) is 14.3. The molecular formula is C14H20FNO3. The van der Waals surface area contributed by atoms with Crippen molar-refractivity contribution in [3.05, 3.63) is 35.6 Å². The molecule has 0 aliphatic heterocycles. The first kappa shape index (κ1) is 15.6. The van der Waals surface area contributed by atoms with E-state index in [1.807, 2.05) is 13.8 Å². The highest BCUT2D eigenvalue weighted by Crippen LogP contribution is 2.07. The Morgan fingerprint density at radius 3 is 2.53 bits per heavy atom. The smallest absolute Gasteiger partial charge is 0.332 e. The minimum atomic E-state index is -0.390. The van der Waals surface area contributed by atoms with Gasteiger partial charge < -0.3 is 14.8 Å². The highest BCUT2D eigenvalue weighted by atomic mass is 19.1. The molecule has 0 radical (unpaired) electrons. The third-order valence-corrected chi connectivity index (χ3v) is 2.54. The molecule has 0 aliphatic rings. The molecule has 106 valence electrons. The third kappa shape index (κ3) is 6.31. The van der Waals surface area contributed by atoms with Gasteiger partial charge in [0.15, 0.2) is 0 Å². The largest absolute Gasteiger partial charge is 0.462 e. The van der Waals surface area contributed by atoms with E-state index >= 15 is 0 Å². The van der Waals surface area contributed by atoms with Crippen LogP contribution in [0.3, 0.4) is 0 Å². The highest BCUT2D eigenvalue weighted by molar-refractivity contribution is 5.70. The SMILES string of the molecule is COCC(=O)OCC(C)(C)NCc1ccc(F)cc1. The summed E-state index contributed by atoms with van der Waals surface area (Å²) in [6, 6.07) is 6.27. The summed E-state index contributed by atoms with van der Waals surface area (Å²) in [5.74, 6) is -0.643. The Bertz CT molecular complexity index is 404. The van der Waals surface area contributed by atoms with E-state index in [-0.39, 0.29) is 30.5 Å². The predicted molar refractivity (Wildman–Crippen MR) is 70.2 cm³/mol. The number of hydrogen-bond donors (Lipinski definition) is 1. The second kappa shape index (κ2) is 7.21. The van der Waals surface area contributed by atoms with Crippen molar-refractivity contribution >= 4 is 5.97 Å². The molecule has 0 amide bonds. The summed E-state index contributed by atoms with van der Waals surface area (Å²) in [6.07, 6.45) is 0. The van der Waals surface area contributed by atoms with Crippen molar-refractivity contribution in [3.8, 4) is 0 Å². The highest BCUT2D eigenvalue weighted by Gasteiger charge is 2.19. The van der Waals surface area contributed by atoms with Crippen molar-refractivity contribution in [1.82, 2.24) is 5.32 Å². The van der Waals surface area contributed by atoms with Crippen LogP contribution in [0.2, 0.25) is 0 Å². The van der Waals surface area contributed by atoms with Crippen LogP contribution in [0, 0.1) is 5.82 Å². The molecule has 1 aromatic carbocycles. The summed E-state index contributed by atoms with van der Waals surface area (Å²) >= 11 is 0. The average Bonchev–Trinajstić information content (AvgIpc) is 2.36. The van der Waals surface area contributed by atoms with Gasteiger partial charge in [-0.2, -0.15) is 0 Å². The lowest BCUT2D eigenvalue weighted by Crippen LogP contribution is -2.43. The fourth-order valence-electron chi connectivity index (χ4n) is 1.42. The van der Waals surface area contributed by atoms with E-state index in [0.717, 1.165) is 5.56 Å². The number of halogens is 1. The Labute approximate surface area is 112 Å². The zero-order valence-electron chi connectivity index (χ0n) is 11.5. The van der Waals surface area contributed by atoms with Crippen molar-refractivity contribution in [2.75, 3.05) is 20.3 Å². The number of methoxy groups -OCH3 is 1. The van der Waals surface area contributed by atoms with Gasteiger partial charge in [-0.05, 0) is 31.5 Å². The topological polar surface area (TPSA) is 47.6 Å². The molecule has 0 saturated heterocycles. The van der Waals surface area contributed by atoms with Crippen LogP contribution in [-0.2, 0) is 20.8 Å². The normalized spacial score (nSPS) is 11.4. The molecule has 0 unspecified atom stereocenters. The Hall–Kier alpha value is -1.46. The molecule has 1 aromatic rings. The van der Waals surface area contributed by atoms with E-state index in [1.54, 1.807) is 12.1 Å². The summed E-state index contributed by atoms with van der Waals surface area (Å²) in [7, 11) is 1.44. The number of esters is 1. The summed E-state index contributed by atoms with van der Waals surface area (Å²) in [4.78, 5) is 11.2. The number of carbonyl (C=O) groups excluding carboxylic acids is 1. The van der Waals surface area contributed by atoms with Crippen LogP contribution in [0.1, 0.15) is 19.4 Å². The minimum absolute atomic E-state index is 0.0476. The molecular weight excluding hydrogens is 249 g/mol. The molecule has 4 nitrogen and oxygen atoms in total. The van der Waals surface area contributed by atoms with Crippen LogP contribution in [0.5, 0.6) is 0 Å². The van der Waals surface area contributed by atoms with Crippen LogP contribution in [0.4, 0.5) is 4.39 Å². The summed E-state index contributed by atoms with van der Waals surface area (Å²) < 4.78 is 22.5. The van der Waals surface area contributed by atoms with Crippen molar-refractivity contribution < 1.29 is 18.7 Å². The maximum absolute atomic E-state index is 12.8. The van der Waals surface area contributed by atoms with Gasteiger partial charge in [-0.1, -0.05) is 12.1 Å². The van der Waals surface area contributed by atoms with E-state index in [9.17, 15) is 9.18 Å². The molecule has 5 heteroatoms. The van der Waals surface area contributed by atoms with Gasteiger partial charge in [0, 0.05) is 19.2 Å². The van der Waals surface area contributed by atoms with Crippen LogP contribution in [0.25, 0.3) is 0 Å². The van der Waals surface area contributed by atoms with Gasteiger partial charge in [0.1, 0.15) is 19.0 Å². The molecule has 0 heterocycles. The maximum atomic E-state index is 12.8. The van der Waals surface area contributed by atoms with Crippen molar-refractivity contribution in [2.24, 2.45) is 0 Å². The zero-order valence-corrected chi connectivity index (χ0v) is 11.5. The van der Waals surface area contributed by atoms with Gasteiger partial charge in [-0.25, -0.2) is 9.18 Å². The fourth-order valence-corrected chi connectivity index (χ4v) is 1.42. The molecule has 0 fully saturated rings. The van der Waals surface area contributed by atoms with Gasteiger partial charge in [-0.15, -0.1) is 0 Å². The lowest BCUT2D eigenvalue weighted by molar-refractivity contribution is -0.149. The molecule has 1 rings (SSSR count). The van der Waals surface area contributed by atoms with Crippen molar-refractivity contribution in [2.45, 2.75) is 25.9 Å². The van der Waals surface area contributed by atoms with E-state index in [1.165, 1.54) is 19.2 Å². The number of benzene rings is 1. The predicted octanol–water partition coefficient (Wildman–Crippen LogP) is 1.88. The lowest BCUT2D eigenvalue weighted by atomic mass is 10.1. The first-order valence-corrected chi connectivity index (χ1v) is 6.07. The molecule has 0 atom stereocenters. The average molecular weight is 269 g/mol. The molecule has 0 spiro atoms. The molecule has 0 bridgehead atoms. The number of hydrogen-bond acceptors (Lipinski definition) is 4. The van der Waals surface area contributed by atoms with Crippen LogP contribution >= 0.6 is 0 Å². The summed E-state index contributed by atoms with van der Waals surface area (Å²) in [5.41, 5.74) is 0.607. The van der Waals surface area contributed by atoms with Crippen LogP contribution in [-0.4, -0.2) is 31.8 Å². The van der Waals surface area contributed by atoms with Gasteiger partial charge in [0.2, 0.25) is 0 Å². The van der Waals surface area contributed by atoms with E-state index < -0.39 is 0 Å². The minimum Gasteiger partial charge on any atom is -0.462 e.